The van der Waals surface area contributed by atoms with Gasteiger partial charge in [-0.1, -0.05) is 20.8 Å². The van der Waals surface area contributed by atoms with Crippen LogP contribution in [0.4, 0.5) is 0 Å². The van der Waals surface area contributed by atoms with Gasteiger partial charge in [0.25, 0.3) is 0 Å². The Morgan fingerprint density at radius 3 is 2.52 bits per heavy atom. The van der Waals surface area contributed by atoms with Gasteiger partial charge in [-0.15, -0.1) is 0 Å². The molecular weight excluding hydrogens is 266 g/mol. The maximum Gasteiger partial charge on any atom is 0.330 e. The van der Waals surface area contributed by atoms with Crippen LogP contribution in [0.2, 0.25) is 0 Å². The second-order valence-electron chi connectivity index (χ2n) is 5.79. The molecule has 0 fully saturated rings. The molecule has 0 bridgehead atoms. The third-order valence-electron chi connectivity index (χ3n) is 3.57. The Morgan fingerprint density at radius 2 is 2.00 bits per heavy atom. The van der Waals surface area contributed by atoms with E-state index >= 15 is 0 Å². The zero-order valence-corrected chi connectivity index (χ0v) is 14.2. The van der Waals surface area contributed by atoms with Gasteiger partial charge in [-0.3, -0.25) is 4.68 Å². The Kier molecular flexibility index (Phi) is 6.89. The number of carbonyl (C=O) groups is 1. The molecule has 0 aliphatic rings. The summed E-state index contributed by atoms with van der Waals surface area (Å²) in [5, 5.41) is 8.00. The zero-order valence-electron chi connectivity index (χ0n) is 14.2. The molecular formula is C16H29N3O2. The second kappa shape index (κ2) is 8.17. The summed E-state index contributed by atoms with van der Waals surface area (Å²) in [5.74, 6) is 0.413. The fourth-order valence-corrected chi connectivity index (χ4v) is 2.42. The normalized spacial score (nSPS) is 12.7. The number of rotatable bonds is 8. The van der Waals surface area contributed by atoms with Crippen LogP contribution in [0.3, 0.4) is 0 Å². The summed E-state index contributed by atoms with van der Waals surface area (Å²) >= 11 is 0. The van der Waals surface area contributed by atoms with E-state index in [1.807, 2.05) is 32.4 Å². The summed E-state index contributed by atoms with van der Waals surface area (Å²) in [6.07, 6.45) is 0.680. The van der Waals surface area contributed by atoms with Gasteiger partial charge in [-0.05, 0) is 39.7 Å². The van der Waals surface area contributed by atoms with Crippen molar-refractivity contribution in [3.05, 3.63) is 17.0 Å². The summed E-state index contributed by atoms with van der Waals surface area (Å²) in [4.78, 5) is 12.1. The van der Waals surface area contributed by atoms with Gasteiger partial charge in [0.2, 0.25) is 0 Å². The largest absolute Gasteiger partial charge is 0.464 e. The molecule has 0 aliphatic carbocycles. The predicted molar refractivity (Wildman–Crippen MR) is 84.2 cm³/mol. The van der Waals surface area contributed by atoms with Crippen LogP contribution < -0.4 is 5.32 Å². The standard InChI is InChI=1S/C16H29N3O2/c1-7-15(16(20)21-8-2)19-13(6)14(12(5)18-19)10-17-9-11(3)4/h11,15,17H,7-10H2,1-6H3. The lowest BCUT2D eigenvalue weighted by Gasteiger charge is -2.16. The van der Waals surface area contributed by atoms with Gasteiger partial charge in [0, 0.05) is 17.8 Å². The molecule has 1 rings (SSSR count). The number of hydrogen-bond acceptors (Lipinski definition) is 4. The summed E-state index contributed by atoms with van der Waals surface area (Å²) in [5.41, 5.74) is 3.20. The van der Waals surface area contributed by atoms with Crippen LogP contribution in [0.5, 0.6) is 0 Å². The minimum Gasteiger partial charge on any atom is -0.464 e. The van der Waals surface area contributed by atoms with Gasteiger partial charge in [0.15, 0.2) is 0 Å². The Bertz CT molecular complexity index is 466. The highest BCUT2D eigenvalue weighted by atomic mass is 16.5. The fraction of sp³-hybridized carbons (Fsp3) is 0.750. The van der Waals surface area contributed by atoms with E-state index in [0.717, 1.165) is 24.5 Å². The highest BCUT2D eigenvalue weighted by molar-refractivity contribution is 5.74. The first-order valence-electron chi connectivity index (χ1n) is 7.84. The van der Waals surface area contributed by atoms with E-state index in [2.05, 4.69) is 24.3 Å². The molecule has 0 spiro atoms. The van der Waals surface area contributed by atoms with E-state index in [1.54, 1.807) is 0 Å². The first-order valence-corrected chi connectivity index (χ1v) is 7.84. The fourth-order valence-electron chi connectivity index (χ4n) is 2.42. The monoisotopic (exact) mass is 295 g/mol. The zero-order chi connectivity index (χ0) is 16.0. The summed E-state index contributed by atoms with van der Waals surface area (Å²) in [6, 6.07) is -0.331. The predicted octanol–water partition coefficient (Wildman–Crippen LogP) is 2.76. The topological polar surface area (TPSA) is 56.2 Å². The van der Waals surface area contributed by atoms with Crippen molar-refractivity contribution in [3.63, 3.8) is 0 Å². The number of nitrogens with zero attached hydrogens (tertiary/aromatic N) is 2. The van der Waals surface area contributed by atoms with E-state index in [9.17, 15) is 4.79 Å². The number of nitrogens with one attached hydrogen (secondary N) is 1. The van der Waals surface area contributed by atoms with Gasteiger partial charge < -0.3 is 10.1 Å². The second-order valence-corrected chi connectivity index (χ2v) is 5.79. The van der Waals surface area contributed by atoms with Crippen molar-refractivity contribution >= 4 is 5.97 Å². The van der Waals surface area contributed by atoms with E-state index in [0.29, 0.717) is 18.9 Å². The minimum absolute atomic E-state index is 0.202. The highest BCUT2D eigenvalue weighted by Gasteiger charge is 2.24. The lowest BCUT2D eigenvalue weighted by atomic mass is 10.1. The number of aryl methyl sites for hydroxylation is 1. The van der Waals surface area contributed by atoms with Crippen molar-refractivity contribution in [2.75, 3.05) is 13.2 Å². The average molecular weight is 295 g/mol. The smallest absolute Gasteiger partial charge is 0.330 e. The van der Waals surface area contributed by atoms with E-state index in [-0.39, 0.29) is 12.0 Å². The van der Waals surface area contributed by atoms with Gasteiger partial charge in [0.05, 0.1) is 12.3 Å². The molecule has 1 aromatic rings. The third-order valence-corrected chi connectivity index (χ3v) is 3.57. The number of hydrogen-bond donors (Lipinski definition) is 1. The van der Waals surface area contributed by atoms with Gasteiger partial charge >= 0.3 is 5.97 Å². The molecule has 1 N–H and O–H groups in total. The van der Waals surface area contributed by atoms with Crippen LogP contribution in [0.25, 0.3) is 0 Å². The number of esters is 1. The Labute approximate surface area is 128 Å². The van der Waals surface area contributed by atoms with Crippen molar-refractivity contribution in [2.45, 2.75) is 60.5 Å². The molecule has 0 saturated heterocycles. The van der Waals surface area contributed by atoms with Gasteiger partial charge in [-0.2, -0.15) is 5.10 Å². The Balaban J connectivity index is 2.91. The summed E-state index contributed by atoms with van der Waals surface area (Å²) in [6.45, 7) is 14.4. The van der Waals surface area contributed by atoms with Crippen LogP contribution in [-0.4, -0.2) is 28.9 Å². The molecule has 0 aliphatic heterocycles. The van der Waals surface area contributed by atoms with Crippen LogP contribution in [0.1, 0.15) is 57.1 Å². The molecule has 1 unspecified atom stereocenters. The maximum absolute atomic E-state index is 12.1. The molecule has 1 atom stereocenters. The molecule has 5 heteroatoms. The van der Waals surface area contributed by atoms with Gasteiger partial charge in [-0.25, -0.2) is 4.79 Å². The molecule has 21 heavy (non-hydrogen) atoms. The van der Waals surface area contributed by atoms with E-state index in [4.69, 9.17) is 4.74 Å². The lowest BCUT2D eigenvalue weighted by molar-refractivity contribution is -0.147. The number of aromatic nitrogens is 2. The van der Waals surface area contributed by atoms with Crippen LogP contribution in [0, 0.1) is 19.8 Å². The molecule has 0 saturated carbocycles. The van der Waals surface area contributed by atoms with Crippen molar-refractivity contribution in [3.8, 4) is 0 Å². The van der Waals surface area contributed by atoms with E-state index in [1.165, 1.54) is 5.56 Å². The summed E-state index contributed by atoms with van der Waals surface area (Å²) in [7, 11) is 0. The molecule has 5 nitrogen and oxygen atoms in total. The summed E-state index contributed by atoms with van der Waals surface area (Å²) < 4.78 is 6.97. The Hall–Kier alpha value is -1.36. The first-order chi connectivity index (χ1) is 9.92. The third kappa shape index (κ3) is 4.56. The highest BCUT2D eigenvalue weighted by Crippen LogP contribution is 2.21. The molecule has 0 radical (unpaired) electrons. The SMILES string of the molecule is CCOC(=O)C(CC)n1nc(C)c(CNCC(C)C)c1C. The van der Waals surface area contributed by atoms with Crippen LogP contribution in [0.15, 0.2) is 0 Å². The number of carbonyl (C=O) groups excluding carboxylic acids is 1. The average Bonchev–Trinajstić information content (AvgIpc) is 2.67. The van der Waals surface area contributed by atoms with Crippen molar-refractivity contribution in [1.82, 2.24) is 15.1 Å². The van der Waals surface area contributed by atoms with Crippen LogP contribution in [-0.2, 0) is 16.1 Å². The molecule has 1 heterocycles. The molecule has 0 aromatic carbocycles. The van der Waals surface area contributed by atoms with Crippen LogP contribution >= 0.6 is 0 Å². The van der Waals surface area contributed by atoms with Crippen molar-refractivity contribution in [1.29, 1.82) is 0 Å². The lowest BCUT2D eigenvalue weighted by Crippen LogP contribution is -2.24. The minimum atomic E-state index is -0.331. The molecule has 1 aromatic heterocycles. The van der Waals surface area contributed by atoms with E-state index < -0.39 is 0 Å². The Morgan fingerprint density at radius 1 is 1.33 bits per heavy atom. The van der Waals surface area contributed by atoms with Crippen molar-refractivity contribution in [2.24, 2.45) is 5.92 Å². The molecule has 120 valence electrons. The first kappa shape index (κ1) is 17.7. The molecule has 0 amide bonds. The maximum atomic E-state index is 12.1. The van der Waals surface area contributed by atoms with Crippen molar-refractivity contribution < 1.29 is 9.53 Å². The quantitative estimate of drug-likeness (QED) is 0.749. The number of ether oxygens (including phenoxy) is 1. The van der Waals surface area contributed by atoms with Gasteiger partial charge in [0.1, 0.15) is 6.04 Å².